The Bertz CT molecular complexity index is 680. The van der Waals surface area contributed by atoms with Crippen molar-refractivity contribution in [1.82, 2.24) is 5.32 Å². The molecule has 4 nitrogen and oxygen atoms in total. The van der Waals surface area contributed by atoms with Crippen LogP contribution in [0, 0.1) is 0 Å². The van der Waals surface area contributed by atoms with Gasteiger partial charge >= 0.3 is 5.97 Å². The summed E-state index contributed by atoms with van der Waals surface area (Å²) in [5.74, 6) is -0.653. The average molecular weight is 339 g/mol. The number of amides is 1. The highest BCUT2D eigenvalue weighted by Gasteiger charge is 2.11. The van der Waals surface area contributed by atoms with Crippen molar-refractivity contribution in [1.29, 1.82) is 0 Å². The summed E-state index contributed by atoms with van der Waals surface area (Å²) in [5, 5.41) is 2.81. The van der Waals surface area contributed by atoms with Gasteiger partial charge in [0.15, 0.2) is 6.61 Å². The van der Waals surface area contributed by atoms with Gasteiger partial charge in [-0.3, -0.25) is 9.59 Å². The number of hydrogen-bond acceptors (Lipinski definition) is 3. The van der Waals surface area contributed by atoms with Crippen LogP contribution in [0.15, 0.2) is 54.6 Å². The molecule has 2 aromatic rings. The van der Waals surface area contributed by atoms with E-state index in [-0.39, 0.29) is 25.0 Å². The fourth-order valence-electron chi connectivity index (χ4n) is 2.63. The monoisotopic (exact) mass is 339 g/mol. The molecule has 0 fully saturated rings. The molecular weight excluding hydrogens is 314 g/mol. The number of esters is 1. The SMILES string of the molecule is CCC[C@H](C)NC(=O)COC(=O)Cc1ccc(-c2ccccc2)cc1. The zero-order valence-electron chi connectivity index (χ0n) is 14.8. The van der Waals surface area contributed by atoms with Crippen LogP contribution in [0.5, 0.6) is 0 Å². The van der Waals surface area contributed by atoms with Crippen LogP contribution in [0.4, 0.5) is 0 Å². The Labute approximate surface area is 149 Å². The highest BCUT2D eigenvalue weighted by Crippen LogP contribution is 2.19. The lowest BCUT2D eigenvalue weighted by Gasteiger charge is -2.12. The normalized spacial score (nSPS) is 11.6. The molecular formula is C21H25NO3. The number of carbonyl (C=O) groups is 2. The first kappa shape index (κ1) is 18.7. The van der Waals surface area contributed by atoms with Crippen LogP contribution in [0.25, 0.3) is 11.1 Å². The summed E-state index contributed by atoms with van der Waals surface area (Å²) in [6.07, 6.45) is 2.07. The third kappa shape index (κ3) is 6.42. The number of ether oxygens (including phenoxy) is 1. The molecule has 1 atom stereocenters. The maximum Gasteiger partial charge on any atom is 0.310 e. The number of benzene rings is 2. The molecule has 0 aliphatic carbocycles. The lowest BCUT2D eigenvalue weighted by Crippen LogP contribution is -2.35. The van der Waals surface area contributed by atoms with E-state index in [1.165, 1.54) is 0 Å². The fraction of sp³-hybridized carbons (Fsp3) is 0.333. The molecule has 1 amide bonds. The van der Waals surface area contributed by atoms with Crippen LogP contribution < -0.4 is 5.32 Å². The molecule has 0 aliphatic heterocycles. The Hall–Kier alpha value is -2.62. The standard InChI is InChI=1S/C21H25NO3/c1-3-7-16(2)22-20(23)15-25-21(24)14-17-10-12-19(13-11-17)18-8-5-4-6-9-18/h4-6,8-13,16H,3,7,14-15H2,1-2H3,(H,22,23)/t16-/m0/s1. The van der Waals surface area contributed by atoms with Crippen molar-refractivity contribution >= 4 is 11.9 Å². The minimum absolute atomic E-state index is 0.0988. The first-order valence-electron chi connectivity index (χ1n) is 8.68. The largest absolute Gasteiger partial charge is 0.455 e. The van der Waals surface area contributed by atoms with E-state index < -0.39 is 5.97 Å². The zero-order valence-corrected chi connectivity index (χ0v) is 14.8. The molecule has 0 bridgehead atoms. The Kier molecular flexibility index (Phi) is 7.20. The molecule has 0 saturated heterocycles. The maximum atomic E-state index is 11.9. The molecule has 0 aliphatic rings. The summed E-state index contributed by atoms with van der Waals surface area (Å²) >= 11 is 0. The Morgan fingerprint density at radius 2 is 1.64 bits per heavy atom. The molecule has 2 rings (SSSR count). The van der Waals surface area contributed by atoms with Gasteiger partial charge in [0.2, 0.25) is 0 Å². The highest BCUT2D eigenvalue weighted by molar-refractivity contribution is 5.81. The number of nitrogens with one attached hydrogen (secondary N) is 1. The number of rotatable bonds is 8. The second-order valence-corrected chi connectivity index (χ2v) is 6.16. The predicted octanol–water partition coefficient (Wildman–Crippen LogP) is 3.74. The van der Waals surface area contributed by atoms with Gasteiger partial charge in [-0.15, -0.1) is 0 Å². The van der Waals surface area contributed by atoms with Crippen molar-refractivity contribution < 1.29 is 14.3 Å². The molecule has 4 heteroatoms. The van der Waals surface area contributed by atoms with E-state index >= 15 is 0 Å². The molecule has 132 valence electrons. The molecule has 0 heterocycles. The maximum absolute atomic E-state index is 11.9. The summed E-state index contributed by atoms with van der Waals surface area (Å²) in [7, 11) is 0. The van der Waals surface area contributed by atoms with E-state index in [2.05, 4.69) is 12.2 Å². The van der Waals surface area contributed by atoms with Gasteiger partial charge in [0, 0.05) is 6.04 Å². The fourth-order valence-corrected chi connectivity index (χ4v) is 2.63. The Balaban J connectivity index is 1.80. The van der Waals surface area contributed by atoms with Gasteiger partial charge in [0.25, 0.3) is 5.91 Å². The van der Waals surface area contributed by atoms with Gasteiger partial charge < -0.3 is 10.1 Å². The smallest absolute Gasteiger partial charge is 0.310 e. The lowest BCUT2D eigenvalue weighted by molar-refractivity contribution is -0.148. The van der Waals surface area contributed by atoms with Crippen LogP contribution in [0.2, 0.25) is 0 Å². The molecule has 0 spiro atoms. The summed E-state index contributed by atoms with van der Waals surface area (Å²) in [6.45, 7) is 3.78. The topological polar surface area (TPSA) is 55.4 Å². The van der Waals surface area contributed by atoms with E-state index in [4.69, 9.17) is 4.74 Å². The van der Waals surface area contributed by atoms with Crippen LogP contribution in [0.1, 0.15) is 32.3 Å². The second-order valence-electron chi connectivity index (χ2n) is 6.16. The van der Waals surface area contributed by atoms with Gasteiger partial charge in [-0.2, -0.15) is 0 Å². The summed E-state index contributed by atoms with van der Waals surface area (Å²) < 4.78 is 5.05. The van der Waals surface area contributed by atoms with E-state index in [9.17, 15) is 9.59 Å². The molecule has 25 heavy (non-hydrogen) atoms. The van der Waals surface area contributed by atoms with E-state index in [1.807, 2.05) is 61.5 Å². The highest BCUT2D eigenvalue weighted by atomic mass is 16.5. The average Bonchev–Trinajstić information content (AvgIpc) is 2.61. The first-order chi connectivity index (χ1) is 12.1. The van der Waals surface area contributed by atoms with Crippen molar-refractivity contribution in [3.63, 3.8) is 0 Å². The van der Waals surface area contributed by atoms with Crippen LogP contribution in [0.3, 0.4) is 0 Å². The van der Waals surface area contributed by atoms with Crippen molar-refractivity contribution in [3.8, 4) is 11.1 Å². The van der Waals surface area contributed by atoms with Gasteiger partial charge in [-0.05, 0) is 30.0 Å². The van der Waals surface area contributed by atoms with E-state index in [0.717, 1.165) is 29.5 Å². The van der Waals surface area contributed by atoms with Crippen molar-refractivity contribution in [2.24, 2.45) is 0 Å². The third-order valence-electron chi connectivity index (χ3n) is 3.90. The van der Waals surface area contributed by atoms with Gasteiger partial charge in [0.05, 0.1) is 6.42 Å². The Morgan fingerprint density at radius 1 is 1.00 bits per heavy atom. The minimum atomic E-state index is -0.397. The van der Waals surface area contributed by atoms with Crippen LogP contribution in [-0.2, 0) is 20.7 Å². The van der Waals surface area contributed by atoms with Crippen molar-refractivity contribution in [2.75, 3.05) is 6.61 Å². The summed E-state index contributed by atoms with van der Waals surface area (Å²) in [5.41, 5.74) is 3.10. The molecule has 0 aromatic heterocycles. The summed E-state index contributed by atoms with van der Waals surface area (Å²) in [6, 6.07) is 17.9. The molecule has 0 radical (unpaired) electrons. The third-order valence-corrected chi connectivity index (χ3v) is 3.90. The zero-order chi connectivity index (χ0) is 18.1. The number of hydrogen-bond donors (Lipinski definition) is 1. The van der Waals surface area contributed by atoms with Gasteiger partial charge in [-0.25, -0.2) is 0 Å². The second kappa shape index (κ2) is 9.62. The predicted molar refractivity (Wildman–Crippen MR) is 99.1 cm³/mol. The quantitative estimate of drug-likeness (QED) is 0.745. The lowest BCUT2D eigenvalue weighted by atomic mass is 10.0. The molecule has 1 N–H and O–H groups in total. The molecule has 2 aromatic carbocycles. The Morgan fingerprint density at radius 3 is 2.28 bits per heavy atom. The first-order valence-corrected chi connectivity index (χ1v) is 8.68. The van der Waals surface area contributed by atoms with Crippen LogP contribution in [-0.4, -0.2) is 24.5 Å². The minimum Gasteiger partial charge on any atom is -0.455 e. The summed E-state index contributed by atoms with van der Waals surface area (Å²) in [4.78, 5) is 23.6. The van der Waals surface area contributed by atoms with Crippen LogP contribution >= 0.6 is 0 Å². The van der Waals surface area contributed by atoms with E-state index in [1.54, 1.807) is 0 Å². The van der Waals surface area contributed by atoms with Gasteiger partial charge in [0.1, 0.15) is 0 Å². The van der Waals surface area contributed by atoms with Crippen molar-refractivity contribution in [3.05, 3.63) is 60.2 Å². The number of carbonyl (C=O) groups excluding carboxylic acids is 2. The molecule has 0 saturated carbocycles. The van der Waals surface area contributed by atoms with Gasteiger partial charge in [-0.1, -0.05) is 67.9 Å². The van der Waals surface area contributed by atoms with Crippen molar-refractivity contribution in [2.45, 2.75) is 39.2 Å². The molecule has 0 unspecified atom stereocenters. The van der Waals surface area contributed by atoms with E-state index in [0.29, 0.717) is 0 Å².